The van der Waals surface area contributed by atoms with E-state index in [9.17, 15) is 55.1 Å². The Balaban J connectivity index is 0.000000145. The molecule has 0 spiro atoms. The number of anilines is 3. The highest BCUT2D eigenvalue weighted by molar-refractivity contribution is 6.06. The van der Waals surface area contributed by atoms with Crippen LogP contribution in [0.3, 0.4) is 0 Å². The molecule has 0 bridgehead atoms. The van der Waals surface area contributed by atoms with Crippen molar-refractivity contribution in [3.8, 4) is 96.7 Å². The molecule has 133 heavy (non-hydrogen) atoms. The van der Waals surface area contributed by atoms with E-state index >= 15 is 13.2 Å². The molecule has 0 aliphatic heterocycles. The fourth-order valence-electron chi connectivity index (χ4n) is 14.3. The highest BCUT2D eigenvalue weighted by atomic mass is 19.4. The molecule has 0 saturated carbocycles. The molecule has 0 saturated heterocycles. The predicted octanol–water partition coefficient (Wildman–Crippen LogP) is 19.1. The van der Waals surface area contributed by atoms with Gasteiger partial charge in [0.15, 0.2) is 41.3 Å². The van der Waals surface area contributed by atoms with Gasteiger partial charge in [-0.3, -0.25) is 62.7 Å². The number of amides is 3. The van der Waals surface area contributed by atoms with Crippen LogP contribution in [0.2, 0.25) is 0 Å². The summed E-state index contributed by atoms with van der Waals surface area (Å²) >= 11 is 0. The van der Waals surface area contributed by atoms with Gasteiger partial charge in [-0.05, 0) is 209 Å². The number of benzene rings is 9. The standard InChI is InChI=1S/C32H26F2N6O4.C32H26F2N6O3.C31H21F5N6O4/c1-18(2)43-30-11-9-24(32(42)40(30)23-7-4-21(33)5-8-23)31(41)38-22-6-10-28(26(34)13-22)44-29-12-19-17-37-39(3)27(19)14-25(29)20-15-35-36-16-20;1-3-23-10-11-25(32(42)40(23)24-8-5-21(33)6-9-24)31(41)38-22-7-12-29(27(34)14-22)43-30-13-19-18-37-39(4-2)28(19)15-26(30)20-16-35-36-17-20;1-41-25-12-23(18-13-37-38-14-18)27(10-17(25)15-39-41)46-26-8-4-20(11-24(26)33)40-29(43)22-7-9-28(45-16-31(34,35)36)42(30(22)44)21-5-2-19(32)3-6-21/h4-18H,1-3H3,(H,35,36)(H,38,41);5-18H,3-4H2,1-2H3,(H,35,36)(H,38,41);2-15H,16H2,1H3,(H,37,38)(H,40,43). The Labute approximate surface area is 745 Å². The third-order valence-corrected chi connectivity index (χ3v) is 20.7. The molecule has 0 atom stereocenters. The van der Waals surface area contributed by atoms with Gasteiger partial charge < -0.3 is 39.6 Å². The van der Waals surface area contributed by atoms with E-state index in [2.05, 4.69) is 61.8 Å². The molecule has 3 amide bonds. The van der Waals surface area contributed by atoms with E-state index < -0.39 is 93.5 Å². The molecule has 38 heteroatoms. The molecular formula is C95H73F9N18O11. The minimum atomic E-state index is -4.72. The molecular weight excluding hydrogens is 1740 g/mol. The summed E-state index contributed by atoms with van der Waals surface area (Å²) in [7, 11) is 3.60. The number of rotatable bonds is 24. The van der Waals surface area contributed by atoms with Crippen molar-refractivity contribution in [3.05, 3.63) is 344 Å². The highest BCUT2D eigenvalue weighted by Gasteiger charge is 2.31. The summed E-state index contributed by atoms with van der Waals surface area (Å²) < 4.78 is 162. The quantitative estimate of drug-likeness (QED) is 0.0306. The van der Waals surface area contributed by atoms with Gasteiger partial charge in [0.05, 0.1) is 71.2 Å². The van der Waals surface area contributed by atoms with Crippen molar-refractivity contribution in [2.45, 2.75) is 52.9 Å². The van der Waals surface area contributed by atoms with E-state index in [4.69, 9.17) is 23.7 Å². The second kappa shape index (κ2) is 37.9. The summed E-state index contributed by atoms with van der Waals surface area (Å²) in [6.45, 7) is 6.40. The van der Waals surface area contributed by atoms with Gasteiger partial charge in [-0.2, -0.15) is 43.8 Å². The number of hydrogen-bond donors (Lipinski definition) is 6. The van der Waals surface area contributed by atoms with Gasteiger partial charge in [0.25, 0.3) is 34.4 Å². The Morgan fingerprint density at radius 3 is 1.12 bits per heavy atom. The van der Waals surface area contributed by atoms with Crippen LogP contribution >= 0.6 is 0 Å². The van der Waals surface area contributed by atoms with Crippen LogP contribution in [-0.4, -0.2) is 110 Å². The molecule has 9 aromatic heterocycles. The van der Waals surface area contributed by atoms with Crippen LogP contribution in [0.25, 0.3) is 83.2 Å². The lowest BCUT2D eigenvalue weighted by Crippen LogP contribution is -2.30. The second-order valence-corrected chi connectivity index (χ2v) is 30.0. The molecule has 0 aliphatic carbocycles. The summed E-state index contributed by atoms with van der Waals surface area (Å²) in [5, 5.41) is 43.1. The first kappa shape index (κ1) is 89.1. The first-order chi connectivity index (χ1) is 64.0. The van der Waals surface area contributed by atoms with E-state index in [1.165, 1.54) is 112 Å². The molecule has 6 N–H and O–H groups in total. The summed E-state index contributed by atoms with van der Waals surface area (Å²) in [5.74, 6) is -5.91. The Hall–Kier alpha value is -17.4. The third kappa shape index (κ3) is 19.6. The number of fused-ring (bicyclic) bond motifs is 3. The zero-order valence-corrected chi connectivity index (χ0v) is 70.7. The number of aryl methyl sites for hydroxylation is 4. The SMILES string of the molecule is CC(C)Oc1ccc(C(=O)Nc2ccc(Oc3cc4cnn(C)c4cc3-c3cn[nH]c3)c(F)c2)c(=O)n1-c1ccc(F)cc1.CCc1ccc(C(=O)Nc2ccc(Oc3cc4cnn(CC)c4cc3-c3cn[nH]c3)c(F)c2)c(=O)n1-c1ccc(F)cc1.Cn1ncc2cc(Oc3ccc(NC(=O)c4ccc(OCC(F)(F)F)n(-c5ccc(F)cc5)c4=O)cc3F)c(-c3cn[nH]c3)cc21. The van der Waals surface area contributed by atoms with E-state index in [0.29, 0.717) is 74.1 Å². The molecule has 672 valence electrons. The van der Waals surface area contributed by atoms with Crippen molar-refractivity contribution in [3.63, 3.8) is 0 Å². The Bertz CT molecular complexity index is 7610. The predicted molar refractivity (Wildman–Crippen MR) is 476 cm³/mol. The van der Waals surface area contributed by atoms with Crippen LogP contribution in [0.1, 0.15) is 64.5 Å². The van der Waals surface area contributed by atoms with Crippen LogP contribution in [0, 0.1) is 34.9 Å². The minimum Gasteiger partial charge on any atom is -0.476 e. The van der Waals surface area contributed by atoms with Crippen molar-refractivity contribution in [2.24, 2.45) is 14.1 Å². The number of H-pyrrole nitrogens is 3. The molecule has 9 heterocycles. The zero-order valence-electron chi connectivity index (χ0n) is 70.7. The number of hydrogen-bond acceptors (Lipinski definition) is 17. The number of aromatic nitrogens is 15. The number of nitrogens with zero attached hydrogens (tertiary/aromatic N) is 12. The van der Waals surface area contributed by atoms with Gasteiger partial charge in [-0.1, -0.05) is 6.92 Å². The second-order valence-electron chi connectivity index (χ2n) is 30.0. The van der Waals surface area contributed by atoms with Crippen LogP contribution in [-0.2, 0) is 27.1 Å². The largest absolute Gasteiger partial charge is 0.476 e. The van der Waals surface area contributed by atoms with Crippen molar-refractivity contribution in [2.75, 3.05) is 22.6 Å². The molecule has 18 rings (SSSR count). The topological polar surface area (TPSA) is 339 Å². The highest BCUT2D eigenvalue weighted by Crippen LogP contribution is 2.42. The van der Waals surface area contributed by atoms with Crippen LogP contribution in [0.15, 0.2) is 270 Å². The lowest BCUT2D eigenvalue weighted by Gasteiger charge is -2.17. The van der Waals surface area contributed by atoms with E-state index in [-0.39, 0.29) is 63.1 Å². The molecule has 29 nitrogen and oxygen atoms in total. The zero-order chi connectivity index (χ0) is 93.6. The van der Waals surface area contributed by atoms with Crippen molar-refractivity contribution in [1.29, 1.82) is 0 Å². The monoisotopic (exact) mass is 1810 g/mol. The van der Waals surface area contributed by atoms with Crippen LogP contribution < -0.4 is 56.3 Å². The molecule has 0 fully saturated rings. The van der Waals surface area contributed by atoms with Gasteiger partial charge in [0.2, 0.25) is 11.8 Å². The van der Waals surface area contributed by atoms with Crippen molar-refractivity contribution >= 4 is 67.5 Å². The maximum absolute atomic E-state index is 15.3. The number of halogens is 9. The summed E-state index contributed by atoms with van der Waals surface area (Å²) in [6, 6.07) is 45.2. The maximum atomic E-state index is 15.3. The lowest BCUT2D eigenvalue weighted by molar-refractivity contribution is -0.154. The minimum absolute atomic E-state index is 0.0438. The number of nitrogens with one attached hydrogen (secondary N) is 6. The molecule has 0 aliphatic rings. The number of aromatic amines is 3. The van der Waals surface area contributed by atoms with Gasteiger partial charge in [-0.25, -0.2) is 35.5 Å². The van der Waals surface area contributed by atoms with Crippen molar-refractivity contribution < 1.29 is 77.6 Å². The fraction of sp³-hybridized carbons (Fsp3) is 0.116. The van der Waals surface area contributed by atoms with Crippen LogP contribution in [0.4, 0.5) is 56.6 Å². The Morgan fingerprint density at radius 2 is 0.759 bits per heavy atom. The number of alkyl halides is 3. The summed E-state index contributed by atoms with van der Waals surface area (Å²) in [6.07, 6.45) is 10.5. The number of ether oxygens (including phenoxy) is 5. The van der Waals surface area contributed by atoms with Gasteiger partial charge in [0.1, 0.15) is 51.4 Å². The van der Waals surface area contributed by atoms with Gasteiger partial charge in [0, 0.05) is 135 Å². The number of carbonyl (C=O) groups excluding carboxylic acids is 3. The Morgan fingerprint density at radius 1 is 0.406 bits per heavy atom. The molecule has 0 radical (unpaired) electrons. The van der Waals surface area contributed by atoms with E-state index in [1.54, 1.807) is 110 Å². The lowest BCUT2D eigenvalue weighted by atomic mass is 10.1. The molecule has 0 unspecified atom stereocenters. The molecule has 9 aromatic carbocycles. The first-order valence-electron chi connectivity index (χ1n) is 40.7. The number of carbonyl (C=O) groups is 3. The summed E-state index contributed by atoms with van der Waals surface area (Å²) in [5.41, 5.74) is 5.08. The third-order valence-electron chi connectivity index (χ3n) is 20.7. The van der Waals surface area contributed by atoms with E-state index in [0.717, 1.165) is 98.4 Å². The molecule has 18 aromatic rings. The smallest absolute Gasteiger partial charge is 0.422 e. The fourth-order valence-corrected chi connectivity index (χ4v) is 14.3. The normalized spacial score (nSPS) is 11.3. The van der Waals surface area contributed by atoms with Crippen molar-refractivity contribution in [1.82, 2.24) is 73.6 Å². The van der Waals surface area contributed by atoms with Crippen LogP contribution in [0.5, 0.6) is 46.3 Å². The van der Waals surface area contributed by atoms with E-state index in [1.807, 2.05) is 43.8 Å². The Kier molecular flexibility index (Phi) is 25.4. The number of pyridine rings is 3. The summed E-state index contributed by atoms with van der Waals surface area (Å²) in [4.78, 5) is 79.6. The van der Waals surface area contributed by atoms with Gasteiger partial charge in [-0.15, -0.1) is 0 Å². The van der Waals surface area contributed by atoms with Gasteiger partial charge >= 0.3 is 6.18 Å². The first-order valence-corrected chi connectivity index (χ1v) is 40.7. The maximum Gasteiger partial charge on any atom is 0.422 e. The average molecular weight is 1810 g/mol. The average Bonchev–Trinajstić information content (AvgIpc) is 1.55.